The fourth-order valence-electron chi connectivity index (χ4n) is 2.90. The van der Waals surface area contributed by atoms with E-state index < -0.39 is 10.0 Å². The van der Waals surface area contributed by atoms with Crippen LogP contribution in [0.25, 0.3) is 0 Å². The van der Waals surface area contributed by atoms with Crippen molar-refractivity contribution in [1.82, 2.24) is 0 Å². The standard InChI is InChI=1S/C18H19BrN2O3S/c1-2-25(23,24)21-10-4-6-13-8-9-16(12-17(13)21)20-18(22)14-5-3-7-15(19)11-14/h3,5,7-9,11-12H,2,4,6,10H2,1H3,(H,20,22). The minimum atomic E-state index is -3.32. The van der Waals surface area contributed by atoms with Crippen molar-refractivity contribution in [2.45, 2.75) is 19.8 Å². The van der Waals surface area contributed by atoms with Gasteiger partial charge in [-0.25, -0.2) is 8.42 Å². The summed E-state index contributed by atoms with van der Waals surface area (Å²) in [7, 11) is -3.32. The third-order valence-electron chi connectivity index (χ3n) is 4.21. The van der Waals surface area contributed by atoms with Crippen molar-refractivity contribution in [3.8, 4) is 0 Å². The van der Waals surface area contributed by atoms with Crippen molar-refractivity contribution in [2.24, 2.45) is 0 Å². The minimum absolute atomic E-state index is 0.0566. The zero-order valence-electron chi connectivity index (χ0n) is 13.8. The Kier molecular flexibility index (Phi) is 5.15. The van der Waals surface area contributed by atoms with Crippen LogP contribution in [0.4, 0.5) is 11.4 Å². The highest BCUT2D eigenvalue weighted by atomic mass is 79.9. The summed E-state index contributed by atoms with van der Waals surface area (Å²) in [6, 6.07) is 12.6. The normalized spacial score (nSPS) is 14.1. The predicted octanol–water partition coefficient (Wildman–Crippen LogP) is 3.80. The lowest BCUT2D eigenvalue weighted by Crippen LogP contribution is -2.36. The zero-order valence-corrected chi connectivity index (χ0v) is 16.2. The number of carbonyl (C=O) groups excluding carboxylic acids is 1. The minimum Gasteiger partial charge on any atom is -0.322 e. The van der Waals surface area contributed by atoms with Gasteiger partial charge in [-0.2, -0.15) is 0 Å². The second-order valence-corrected chi connectivity index (χ2v) is 8.98. The Bertz CT molecular complexity index is 912. The van der Waals surface area contributed by atoms with Crippen LogP contribution in [0.15, 0.2) is 46.9 Å². The maximum Gasteiger partial charge on any atom is 0.255 e. The van der Waals surface area contributed by atoms with Gasteiger partial charge >= 0.3 is 0 Å². The van der Waals surface area contributed by atoms with E-state index in [-0.39, 0.29) is 11.7 Å². The van der Waals surface area contributed by atoms with Gasteiger partial charge in [-0.1, -0.05) is 28.1 Å². The van der Waals surface area contributed by atoms with Gasteiger partial charge in [0.2, 0.25) is 10.0 Å². The molecule has 25 heavy (non-hydrogen) atoms. The van der Waals surface area contributed by atoms with Gasteiger partial charge < -0.3 is 5.32 Å². The Morgan fingerprint density at radius 1 is 1.24 bits per heavy atom. The number of carbonyl (C=O) groups is 1. The molecule has 2 aromatic rings. The SMILES string of the molecule is CCS(=O)(=O)N1CCCc2ccc(NC(=O)c3cccc(Br)c3)cc21. The van der Waals surface area contributed by atoms with Crippen molar-refractivity contribution in [3.63, 3.8) is 0 Å². The van der Waals surface area contributed by atoms with Gasteiger partial charge in [0.25, 0.3) is 5.91 Å². The Morgan fingerprint density at radius 3 is 2.76 bits per heavy atom. The molecule has 0 aromatic heterocycles. The van der Waals surface area contributed by atoms with E-state index in [1.807, 2.05) is 18.2 Å². The molecule has 0 spiro atoms. The molecule has 1 N–H and O–H groups in total. The number of fused-ring (bicyclic) bond motifs is 1. The number of hydrogen-bond acceptors (Lipinski definition) is 3. The van der Waals surface area contributed by atoms with E-state index in [2.05, 4.69) is 21.2 Å². The Hall–Kier alpha value is -1.86. The van der Waals surface area contributed by atoms with E-state index in [1.54, 1.807) is 31.2 Å². The second-order valence-electron chi connectivity index (χ2n) is 5.88. The highest BCUT2D eigenvalue weighted by molar-refractivity contribution is 9.10. The Labute approximate surface area is 156 Å². The number of sulfonamides is 1. The van der Waals surface area contributed by atoms with Gasteiger partial charge in [-0.15, -0.1) is 0 Å². The number of aryl methyl sites for hydroxylation is 1. The summed E-state index contributed by atoms with van der Waals surface area (Å²) in [5, 5.41) is 2.84. The first kappa shape index (κ1) is 17.9. The van der Waals surface area contributed by atoms with Crippen LogP contribution in [-0.2, 0) is 16.4 Å². The predicted molar refractivity (Wildman–Crippen MR) is 104 cm³/mol. The number of amides is 1. The highest BCUT2D eigenvalue weighted by Gasteiger charge is 2.26. The Balaban J connectivity index is 1.90. The summed E-state index contributed by atoms with van der Waals surface area (Å²) in [5.41, 5.74) is 2.77. The summed E-state index contributed by atoms with van der Waals surface area (Å²) >= 11 is 3.35. The number of anilines is 2. The number of nitrogens with zero attached hydrogens (tertiary/aromatic N) is 1. The fraction of sp³-hybridized carbons (Fsp3) is 0.278. The van der Waals surface area contributed by atoms with Crippen LogP contribution in [0, 0.1) is 0 Å². The molecule has 0 saturated heterocycles. The maximum atomic E-state index is 12.4. The van der Waals surface area contributed by atoms with Gasteiger partial charge in [-0.05, 0) is 55.7 Å². The van der Waals surface area contributed by atoms with Gasteiger partial charge in [0, 0.05) is 22.3 Å². The molecule has 0 fully saturated rings. The summed E-state index contributed by atoms with van der Waals surface area (Å²) in [6.45, 7) is 2.12. The lowest BCUT2D eigenvalue weighted by molar-refractivity contribution is 0.102. The molecule has 0 saturated carbocycles. The van der Waals surface area contributed by atoms with E-state index in [0.29, 0.717) is 23.5 Å². The van der Waals surface area contributed by atoms with Crippen molar-refractivity contribution < 1.29 is 13.2 Å². The molecular formula is C18H19BrN2O3S. The highest BCUT2D eigenvalue weighted by Crippen LogP contribution is 2.32. The molecule has 0 radical (unpaired) electrons. The van der Waals surface area contributed by atoms with E-state index in [0.717, 1.165) is 22.9 Å². The summed E-state index contributed by atoms with van der Waals surface area (Å²) < 4.78 is 27.0. The van der Waals surface area contributed by atoms with Gasteiger partial charge in [-0.3, -0.25) is 9.10 Å². The largest absolute Gasteiger partial charge is 0.322 e. The molecule has 7 heteroatoms. The van der Waals surface area contributed by atoms with Gasteiger partial charge in [0.15, 0.2) is 0 Å². The molecule has 1 amide bonds. The Morgan fingerprint density at radius 2 is 2.04 bits per heavy atom. The van der Waals surface area contributed by atoms with E-state index in [1.165, 1.54) is 4.31 Å². The molecule has 1 aliphatic heterocycles. The zero-order chi connectivity index (χ0) is 18.0. The van der Waals surface area contributed by atoms with Crippen molar-refractivity contribution in [3.05, 3.63) is 58.1 Å². The van der Waals surface area contributed by atoms with E-state index in [4.69, 9.17) is 0 Å². The van der Waals surface area contributed by atoms with Gasteiger partial charge in [0.1, 0.15) is 0 Å². The molecule has 0 bridgehead atoms. The van der Waals surface area contributed by atoms with Crippen molar-refractivity contribution >= 4 is 43.2 Å². The monoisotopic (exact) mass is 422 g/mol. The van der Waals surface area contributed by atoms with Gasteiger partial charge in [0.05, 0.1) is 11.4 Å². The van der Waals surface area contributed by atoms with Crippen molar-refractivity contribution in [2.75, 3.05) is 21.9 Å². The third-order valence-corrected chi connectivity index (χ3v) is 6.48. The molecule has 0 aliphatic carbocycles. The van der Waals surface area contributed by atoms with E-state index >= 15 is 0 Å². The lowest BCUT2D eigenvalue weighted by Gasteiger charge is -2.30. The molecule has 5 nitrogen and oxygen atoms in total. The molecule has 1 heterocycles. The first-order valence-corrected chi connectivity index (χ1v) is 10.5. The maximum absolute atomic E-state index is 12.4. The summed E-state index contributed by atoms with van der Waals surface area (Å²) in [4.78, 5) is 12.4. The number of halogens is 1. The van der Waals surface area contributed by atoms with Crippen LogP contribution in [0.3, 0.4) is 0 Å². The van der Waals surface area contributed by atoms with Crippen LogP contribution < -0.4 is 9.62 Å². The van der Waals surface area contributed by atoms with Crippen molar-refractivity contribution in [1.29, 1.82) is 0 Å². The fourth-order valence-corrected chi connectivity index (χ4v) is 4.48. The number of hydrogen-bond donors (Lipinski definition) is 1. The quantitative estimate of drug-likeness (QED) is 0.814. The average Bonchev–Trinajstić information content (AvgIpc) is 2.61. The molecule has 132 valence electrons. The average molecular weight is 423 g/mol. The van der Waals surface area contributed by atoms with Crippen LogP contribution >= 0.6 is 15.9 Å². The molecule has 0 atom stereocenters. The third kappa shape index (κ3) is 3.88. The number of rotatable bonds is 4. The smallest absolute Gasteiger partial charge is 0.255 e. The van der Waals surface area contributed by atoms with Crippen LogP contribution in [0.2, 0.25) is 0 Å². The number of benzene rings is 2. The van der Waals surface area contributed by atoms with Crippen LogP contribution in [0.5, 0.6) is 0 Å². The first-order valence-electron chi connectivity index (χ1n) is 8.11. The van der Waals surface area contributed by atoms with Crippen LogP contribution in [0.1, 0.15) is 29.3 Å². The molecule has 0 unspecified atom stereocenters. The molecule has 1 aliphatic rings. The summed E-state index contributed by atoms with van der Waals surface area (Å²) in [6.07, 6.45) is 1.64. The van der Waals surface area contributed by atoms with E-state index in [9.17, 15) is 13.2 Å². The molecule has 2 aromatic carbocycles. The van der Waals surface area contributed by atoms with Crippen LogP contribution in [-0.4, -0.2) is 26.6 Å². The first-order chi connectivity index (χ1) is 11.9. The molecular weight excluding hydrogens is 404 g/mol. The molecule has 3 rings (SSSR count). The lowest BCUT2D eigenvalue weighted by atomic mass is 10.0. The summed E-state index contributed by atoms with van der Waals surface area (Å²) in [5.74, 6) is -0.178. The topological polar surface area (TPSA) is 66.5 Å². The number of nitrogens with one attached hydrogen (secondary N) is 1. The second kappa shape index (κ2) is 7.17.